The number of nitrogens with zero attached hydrogens (tertiary/aromatic N) is 1. The van der Waals surface area contributed by atoms with Crippen molar-refractivity contribution in [2.75, 3.05) is 36.1 Å². The predicted molar refractivity (Wildman–Crippen MR) is 112 cm³/mol. The molecule has 0 saturated heterocycles. The Bertz CT molecular complexity index is 794. The maximum Gasteiger partial charge on any atom is 0.243 e. The molecule has 0 unspecified atom stereocenters. The summed E-state index contributed by atoms with van der Waals surface area (Å²) >= 11 is 1.89. The molecule has 2 aliphatic rings. The molecule has 1 heterocycles. The number of carbonyl (C=O) groups excluding carboxylic acids is 1. The van der Waals surface area contributed by atoms with Gasteiger partial charge in [0.2, 0.25) is 15.9 Å². The molecule has 1 amide bonds. The molecule has 28 heavy (non-hydrogen) atoms. The van der Waals surface area contributed by atoms with Gasteiger partial charge in [-0.1, -0.05) is 12.8 Å². The monoisotopic (exact) mass is 428 g/mol. The number of rotatable bonds is 8. The van der Waals surface area contributed by atoms with Gasteiger partial charge in [-0.05, 0) is 31.9 Å². The lowest BCUT2D eigenvalue weighted by Crippen LogP contribution is -2.48. The van der Waals surface area contributed by atoms with Crippen molar-refractivity contribution in [2.24, 2.45) is 0 Å². The number of ether oxygens (including phenoxy) is 2. The van der Waals surface area contributed by atoms with Gasteiger partial charge in [-0.25, -0.2) is 8.42 Å². The summed E-state index contributed by atoms with van der Waals surface area (Å²) in [4.78, 5) is 12.6. The normalized spacial score (nSPS) is 17.9. The van der Waals surface area contributed by atoms with Crippen LogP contribution in [0.3, 0.4) is 0 Å². The average Bonchev–Trinajstić information content (AvgIpc) is 3.17. The molecule has 0 radical (unpaired) electrons. The lowest BCUT2D eigenvalue weighted by molar-refractivity contribution is -0.121. The van der Waals surface area contributed by atoms with Gasteiger partial charge in [0.15, 0.2) is 11.5 Å². The molecule has 1 atom stereocenters. The Labute approximate surface area is 171 Å². The van der Waals surface area contributed by atoms with Crippen molar-refractivity contribution in [3.8, 4) is 11.5 Å². The van der Waals surface area contributed by atoms with Crippen molar-refractivity contribution in [2.45, 2.75) is 43.9 Å². The van der Waals surface area contributed by atoms with Crippen LogP contribution in [0.25, 0.3) is 0 Å². The maximum absolute atomic E-state index is 12.6. The van der Waals surface area contributed by atoms with Gasteiger partial charge in [0, 0.05) is 23.6 Å². The highest BCUT2D eigenvalue weighted by atomic mass is 32.2. The standard InChI is InChI=1S/C19H28N2O5S2/c1-14(19(22)20-9-12-27-16-5-3-4-6-16)21(28(2,23)24)15-7-8-17-18(13-15)26-11-10-25-17/h7-8,13-14,16H,3-6,9-12H2,1-2H3,(H,20,22)/t14-/m1/s1. The second-order valence-electron chi connectivity index (χ2n) is 7.13. The van der Waals surface area contributed by atoms with Crippen LogP contribution in [0.5, 0.6) is 11.5 Å². The molecule has 156 valence electrons. The third-order valence-electron chi connectivity index (χ3n) is 4.93. The van der Waals surface area contributed by atoms with Crippen molar-refractivity contribution in [1.82, 2.24) is 5.32 Å². The zero-order valence-corrected chi connectivity index (χ0v) is 18.0. The SMILES string of the molecule is C[C@H](C(=O)NCCSC1CCCC1)N(c1ccc2c(c1)OCCO2)S(C)(=O)=O. The van der Waals surface area contributed by atoms with Crippen molar-refractivity contribution in [3.05, 3.63) is 18.2 Å². The maximum atomic E-state index is 12.6. The largest absolute Gasteiger partial charge is 0.486 e. The molecule has 1 fully saturated rings. The quantitative estimate of drug-likeness (QED) is 0.640. The minimum atomic E-state index is -3.66. The number of fused-ring (bicyclic) bond motifs is 1. The molecular weight excluding hydrogens is 400 g/mol. The van der Waals surface area contributed by atoms with Gasteiger partial charge in [-0.2, -0.15) is 11.8 Å². The van der Waals surface area contributed by atoms with Crippen LogP contribution in [-0.4, -0.2) is 57.4 Å². The first-order chi connectivity index (χ1) is 13.4. The van der Waals surface area contributed by atoms with Gasteiger partial charge < -0.3 is 14.8 Å². The Hall–Kier alpha value is -1.61. The summed E-state index contributed by atoms with van der Waals surface area (Å²) in [5.74, 6) is 1.58. The van der Waals surface area contributed by atoms with Crippen molar-refractivity contribution in [3.63, 3.8) is 0 Å². The number of hydrogen-bond donors (Lipinski definition) is 1. The van der Waals surface area contributed by atoms with E-state index in [4.69, 9.17) is 9.47 Å². The van der Waals surface area contributed by atoms with Gasteiger partial charge in [0.1, 0.15) is 19.3 Å². The number of sulfonamides is 1. The molecule has 3 rings (SSSR count). The van der Waals surface area contributed by atoms with Crippen LogP contribution in [0.4, 0.5) is 5.69 Å². The molecule has 1 aromatic carbocycles. The number of carbonyl (C=O) groups is 1. The summed E-state index contributed by atoms with van der Waals surface area (Å²) in [5.41, 5.74) is 0.384. The van der Waals surface area contributed by atoms with Crippen LogP contribution >= 0.6 is 11.8 Å². The van der Waals surface area contributed by atoms with Gasteiger partial charge in [0.05, 0.1) is 11.9 Å². The highest BCUT2D eigenvalue weighted by Gasteiger charge is 2.30. The zero-order chi connectivity index (χ0) is 20.1. The number of hydrogen-bond acceptors (Lipinski definition) is 6. The molecule has 7 nitrogen and oxygen atoms in total. The first kappa shape index (κ1) is 21.1. The number of amides is 1. The van der Waals surface area contributed by atoms with E-state index in [2.05, 4.69) is 5.32 Å². The van der Waals surface area contributed by atoms with Crippen LogP contribution in [0, 0.1) is 0 Å². The fraction of sp³-hybridized carbons (Fsp3) is 0.632. The van der Waals surface area contributed by atoms with Gasteiger partial charge in [0.25, 0.3) is 0 Å². The fourth-order valence-corrected chi connectivity index (χ4v) is 5.97. The lowest BCUT2D eigenvalue weighted by Gasteiger charge is -2.29. The molecule has 1 N–H and O–H groups in total. The van der Waals surface area contributed by atoms with E-state index in [9.17, 15) is 13.2 Å². The van der Waals surface area contributed by atoms with Crippen LogP contribution in [0.15, 0.2) is 18.2 Å². The minimum Gasteiger partial charge on any atom is -0.486 e. The van der Waals surface area contributed by atoms with Crippen LogP contribution in [0.1, 0.15) is 32.6 Å². The fourth-order valence-electron chi connectivity index (χ4n) is 3.58. The lowest BCUT2D eigenvalue weighted by atomic mass is 10.2. The molecule has 9 heteroatoms. The molecule has 1 saturated carbocycles. The van der Waals surface area contributed by atoms with E-state index < -0.39 is 16.1 Å². The molecule has 1 aromatic rings. The summed E-state index contributed by atoms with van der Waals surface area (Å²) in [7, 11) is -3.66. The topological polar surface area (TPSA) is 84.9 Å². The Morgan fingerprint density at radius 2 is 1.93 bits per heavy atom. The van der Waals surface area contributed by atoms with Gasteiger partial charge in [-0.3, -0.25) is 9.10 Å². The smallest absolute Gasteiger partial charge is 0.243 e. The van der Waals surface area contributed by atoms with E-state index in [0.717, 1.165) is 16.3 Å². The number of thioether (sulfide) groups is 1. The second-order valence-corrected chi connectivity index (χ2v) is 10.4. The predicted octanol–water partition coefficient (Wildman–Crippen LogP) is 2.40. The Morgan fingerprint density at radius 1 is 1.25 bits per heavy atom. The average molecular weight is 429 g/mol. The molecule has 1 aliphatic heterocycles. The summed E-state index contributed by atoms with van der Waals surface area (Å²) in [6.07, 6.45) is 6.19. The first-order valence-electron chi connectivity index (χ1n) is 9.64. The Balaban J connectivity index is 1.64. The van der Waals surface area contributed by atoms with Crippen LogP contribution in [0.2, 0.25) is 0 Å². The third-order valence-corrected chi connectivity index (χ3v) is 7.55. The Kier molecular flexibility index (Phi) is 6.98. The minimum absolute atomic E-state index is 0.313. The summed E-state index contributed by atoms with van der Waals surface area (Å²) in [6.45, 7) is 2.99. The van der Waals surface area contributed by atoms with E-state index in [-0.39, 0.29) is 5.91 Å². The van der Waals surface area contributed by atoms with Gasteiger partial charge in [-0.15, -0.1) is 0 Å². The van der Waals surface area contributed by atoms with Crippen LogP contribution in [-0.2, 0) is 14.8 Å². The van der Waals surface area contributed by atoms with E-state index in [1.54, 1.807) is 25.1 Å². The molecule has 0 spiro atoms. The molecule has 0 aromatic heterocycles. The summed E-state index contributed by atoms with van der Waals surface area (Å²) < 4.78 is 37.0. The van der Waals surface area contributed by atoms with Crippen LogP contribution < -0.4 is 19.1 Å². The molecule has 0 bridgehead atoms. The number of nitrogens with one attached hydrogen (secondary N) is 1. The summed E-state index contributed by atoms with van der Waals surface area (Å²) in [6, 6.07) is 4.04. The van der Waals surface area contributed by atoms with E-state index >= 15 is 0 Å². The van der Waals surface area contributed by atoms with E-state index in [1.807, 2.05) is 11.8 Å². The third kappa shape index (κ3) is 5.26. The van der Waals surface area contributed by atoms with E-state index in [1.165, 1.54) is 25.7 Å². The zero-order valence-electron chi connectivity index (χ0n) is 16.3. The second kappa shape index (κ2) is 9.26. The van der Waals surface area contributed by atoms with Crippen molar-refractivity contribution >= 4 is 33.4 Å². The number of benzene rings is 1. The number of anilines is 1. The summed E-state index contributed by atoms with van der Waals surface area (Å²) in [5, 5.41) is 3.56. The Morgan fingerprint density at radius 3 is 2.61 bits per heavy atom. The van der Waals surface area contributed by atoms with Crippen molar-refractivity contribution in [1.29, 1.82) is 0 Å². The van der Waals surface area contributed by atoms with Crippen molar-refractivity contribution < 1.29 is 22.7 Å². The van der Waals surface area contributed by atoms with Gasteiger partial charge >= 0.3 is 0 Å². The first-order valence-corrected chi connectivity index (χ1v) is 12.5. The molecule has 1 aliphatic carbocycles. The molecular formula is C19H28N2O5S2. The highest BCUT2D eigenvalue weighted by molar-refractivity contribution is 7.99. The highest BCUT2D eigenvalue weighted by Crippen LogP contribution is 2.35. The van der Waals surface area contributed by atoms with E-state index in [0.29, 0.717) is 42.2 Å².